The van der Waals surface area contributed by atoms with E-state index >= 15 is 0 Å². The molecule has 1 aromatic carbocycles. The van der Waals surface area contributed by atoms with Crippen molar-refractivity contribution in [3.63, 3.8) is 0 Å². The molecule has 0 fully saturated rings. The normalized spacial score (nSPS) is 6.64. The van der Waals surface area contributed by atoms with Crippen LogP contribution in [0.5, 0.6) is 0 Å². The number of hydrogen-bond donors (Lipinski definition) is 0. The monoisotopic (exact) mass is 196 g/mol. The summed E-state index contributed by atoms with van der Waals surface area (Å²) >= 11 is 0. The minimum absolute atomic E-state index is 0. The van der Waals surface area contributed by atoms with Gasteiger partial charge in [0.25, 0.3) is 0 Å². The zero-order chi connectivity index (χ0) is 10.7. The predicted octanol–water partition coefficient (Wildman–Crippen LogP) is 4.17. The third-order valence-corrected chi connectivity index (χ3v) is 1.22. The van der Waals surface area contributed by atoms with Gasteiger partial charge in [0.05, 0.1) is 0 Å². The van der Waals surface area contributed by atoms with Crippen molar-refractivity contribution >= 4 is 6.29 Å². The molecular formula is C13H24O. The first-order valence-corrected chi connectivity index (χ1v) is 4.63. The maximum absolute atomic E-state index is 8.81. The zero-order valence-electron chi connectivity index (χ0n) is 9.29. The summed E-state index contributed by atoms with van der Waals surface area (Å²) in [6.07, 6.45) is 0.750. The van der Waals surface area contributed by atoms with Crippen LogP contribution in [-0.2, 0) is 4.79 Å². The molecule has 82 valence electrons. The quantitative estimate of drug-likeness (QED) is 0.569. The maximum atomic E-state index is 8.81. The van der Waals surface area contributed by atoms with E-state index in [1.807, 2.05) is 13.8 Å². The third kappa shape index (κ3) is 13.5. The molecule has 0 saturated carbocycles. The summed E-state index contributed by atoms with van der Waals surface area (Å²) < 4.78 is 0. The Labute approximate surface area is 89.2 Å². The Hall–Kier alpha value is -1.11. The van der Waals surface area contributed by atoms with Gasteiger partial charge in [0.15, 0.2) is 0 Å². The molecule has 0 radical (unpaired) electrons. The molecular weight excluding hydrogens is 172 g/mol. The summed E-state index contributed by atoms with van der Waals surface area (Å²) in [5.41, 5.74) is 2.66. The summed E-state index contributed by atoms with van der Waals surface area (Å²) in [7, 11) is 0. The minimum Gasteiger partial charge on any atom is -0.304 e. The van der Waals surface area contributed by atoms with Crippen LogP contribution in [-0.4, -0.2) is 6.29 Å². The Bertz CT molecular complexity index is 178. The highest BCUT2D eigenvalue weighted by atomic mass is 16.1. The van der Waals surface area contributed by atoms with Crippen molar-refractivity contribution in [1.29, 1.82) is 0 Å². The highest BCUT2D eigenvalue weighted by Gasteiger charge is 1.79. The molecule has 0 bridgehead atoms. The molecule has 0 N–H and O–H groups in total. The molecule has 0 heterocycles. The van der Waals surface area contributed by atoms with Gasteiger partial charge in [-0.2, -0.15) is 0 Å². The predicted molar refractivity (Wildman–Crippen MR) is 65.7 cm³/mol. The number of carbonyl (C=O) groups excluding carboxylic acids is 1. The van der Waals surface area contributed by atoms with Gasteiger partial charge in [0, 0.05) is 0 Å². The van der Waals surface area contributed by atoms with Crippen LogP contribution in [0.1, 0.15) is 39.3 Å². The van der Waals surface area contributed by atoms with Crippen LogP contribution in [0.2, 0.25) is 0 Å². The van der Waals surface area contributed by atoms with Crippen molar-refractivity contribution in [1.82, 2.24) is 0 Å². The molecule has 14 heavy (non-hydrogen) atoms. The van der Waals surface area contributed by atoms with Gasteiger partial charge in [0.1, 0.15) is 6.29 Å². The number of hydrogen-bond acceptors (Lipinski definition) is 1. The lowest BCUT2D eigenvalue weighted by atomic mass is 10.2. The summed E-state index contributed by atoms with van der Waals surface area (Å²) in [4.78, 5) is 8.81. The number of rotatable bonds is 0. The lowest BCUT2D eigenvalue weighted by Crippen LogP contribution is -1.70. The Morgan fingerprint density at radius 1 is 0.929 bits per heavy atom. The summed E-state index contributed by atoms with van der Waals surface area (Å²) in [6.45, 7) is 9.64. The van der Waals surface area contributed by atoms with Crippen LogP contribution in [0.3, 0.4) is 0 Å². The number of benzene rings is 1. The van der Waals surface area contributed by atoms with Gasteiger partial charge >= 0.3 is 0 Å². The lowest BCUT2D eigenvalue weighted by molar-refractivity contribution is -0.106. The Morgan fingerprint density at radius 2 is 1.07 bits per heavy atom. The Kier molecular flexibility index (Phi) is 19.2. The molecule has 1 heteroatoms. The zero-order valence-corrected chi connectivity index (χ0v) is 9.29. The molecule has 1 aromatic rings. The SMILES string of the molecule is C.CC.CC=O.Cc1ccc(C)cc1. The molecule has 0 unspecified atom stereocenters. The van der Waals surface area contributed by atoms with Gasteiger partial charge in [0.2, 0.25) is 0 Å². The van der Waals surface area contributed by atoms with Crippen molar-refractivity contribution in [3.8, 4) is 0 Å². The Balaban J connectivity index is -0.000000176. The highest BCUT2D eigenvalue weighted by Crippen LogP contribution is 1.99. The fraction of sp³-hybridized carbons (Fsp3) is 0.462. The fourth-order valence-electron chi connectivity index (χ4n) is 0.637. The molecule has 0 aliphatic heterocycles. The minimum atomic E-state index is 0. The van der Waals surface area contributed by atoms with Gasteiger partial charge in [-0.05, 0) is 20.8 Å². The first-order valence-electron chi connectivity index (χ1n) is 4.63. The van der Waals surface area contributed by atoms with Gasteiger partial charge in [-0.3, -0.25) is 0 Å². The second-order valence-electron chi connectivity index (χ2n) is 2.39. The van der Waals surface area contributed by atoms with Crippen molar-refractivity contribution < 1.29 is 4.79 Å². The van der Waals surface area contributed by atoms with Crippen molar-refractivity contribution in [3.05, 3.63) is 35.4 Å². The topological polar surface area (TPSA) is 17.1 Å². The Morgan fingerprint density at radius 3 is 1.21 bits per heavy atom. The van der Waals surface area contributed by atoms with Crippen LogP contribution in [0.25, 0.3) is 0 Å². The number of aryl methyl sites for hydroxylation is 2. The van der Waals surface area contributed by atoms with E-state index in [1.54, 1.807) is 0 Å². The second kappa shape index (κ2) is 14.4. The number of aldehydes is 1. The standard InChI is InChI=1S/C8H10.C2H4O.C2H6.CH4/c1-7-3-5-8(2)6-4-7;1-2-3;1-2;/h3-6H,1-2H3;2H,1H3;1-2H3;1H4. The molecule has 0 aromatic heterocycles. The van der Waals surface area contributed by atoms with Gasteiger partial charge in [-0.25, -0.2) is 0 Å². The average Bonchev–Trinajstić information content (AvgIpc) is 2.15. The molecule has 0 aliphatic carbocycles. The van der Waals surface area contributed by atoms with E-state index in [9.17, 15) is 0 Å². The maximum Gasteiger partial charge on any atom is 0.116 e. The summed E-state index contributed by atoms with van der Waals surface area (Å²) in [5, 5.41) is 0. The smallest absolute Gasteiger partial charge is 0.116 e. The summed E-state index contributed by atoms with van der Waals surface area (Å²) in [5.74, 6) is 0. The van der Waals surface area contributed by atoms with Crippen LogP contribution >= 0.6 is 0 Å². The van der Waals surface area contributed by atoms with E-state index in [0.717, 1.165) is 6.29 Å². The van der Waals surface area contributed by atoms with E-state index in [2.05, 4.69) is 38.1 Å². The van der Waals surface area contributed by atoms with Crippen molar-refractivity contribution in [2.24, 2.45) is 0 Å². The van der Waals surface area contributed by atoms with E-state index in [1.165, 1.54) is 18.1 Å². The molecule has 0 atom stereocenters. The molecule has 1 nitrogen and oxygen atoms in total. The van der Waals surface area contributed by atoms with Gasteiger partial charge < -0.3 is 4.79 Å². The molecule has 0 amide bonds. The highest BCUT2D eigenvalue weighted by molar-refractivity contribution is 5.44. The molecule has 0 aliphatic rings. The first-order chi connectivity index (χ1) is 6.20. The lowest BCUT2D eigenvalue weighted by Gasteiger charge is -1.90. The largest absolute Gasteiger partial charge is 0.304 e. The van der Waals surface area contributed by atoms with Crippen LogP contribution in [0.15, 0.2) is 24.3 Å². The van der Waals surface area contributed by atoms with E-state index in [0.29, 0.717) is 0 Å². The van der Waals surface area contributed by atoms with Crippen molar-refractivity contribution in [2.75, 3.05) is 0 Å². The number of carbonyl (C=O) groups is 1. The van der Waals surface area contributed by atoms with Crippen LogP contribution in [0.4, 0.5) is 0 Å². The van der Waals surface area contributed by atoms with Gasteiger partial charge in [-0.1, -0.05) is 56.7 Å². The summed E-state index contributed by atoms with van der Waals surface area (Å²) in [6, 6.07) is 8.48. The van der Waals surface area contributed by atoms with Crippen LogP contribution in [0, 0.1) is 13.8 Å². The average molecular weight is 196 g/mol. The fourth-order valence-corrected chi connectivity index (χ4v) is 0.637. The molecule has 0 saturated heterocycles. The first kappa shape index (κ1) is 18.6. The third-order valence-electron chi connectivity index (χ3n) is 1.22. The van der Waals surface area contributed by atoms with E-state index in [4.69, 9.17) is 4.79 Å². The van der Waals surface area contributed by atoms with Crippen LogP contribution < -0.4 is 0 Å². The van der Waals surface area contributed by atoms with Crippen molar-refractivity contribution in [2.45, 2.75) is 42.0 Å². The van der Waals surface area contributed by atoms with E-state index in [-0.39, 0.29) is 7.43 Å². The van der Waals surface area contributed by atoms with Gasteiger partial charge in [-0.15, -0.1) is 0 Å². The molecule has 1 rings (SSSR count). The van der Waals surface area contributed by atoms with E-state index < -0.39 is 0 Å². The molecule has 0 spiro atoms. The second-order valence-corrected chi connectivity index (χ2v) is 2.39.